The quantitative estimate of drug-likeness (QED) is 0.658. The van der Waals surface area contributed by atoms with Gasteiger partial charge in [0.25, 0.3) is 0 Å². The summed E-state index contributed by atoms with van der Waals surface area (Å²) in [5.74, 6) is 1.33. The third-order valence-electron chi connectivity index (χ3n) is 1.97. The molecule has 1 amide bonds. The van der Waals surface area contributed by atoms with Crippen molar-refractivity contribution in [3.8, 4) is 0 Å². The Hall–Kier alpha value is 0.1000. The first-order chi connectivity index (χ1) is 5.91. The number of rotatable bonds is 1. The van der Waals surface area contributed by atoms with Crippen molar-refractivity contribution in [2.24, 2.45) is 0 Å². The van der Waals surface area contributed by atoms with Crippen molar-refractivity contribution in [3.63, 3.8) is 0 Å². The molecule has 0 N–H and O–H groups in total. The number of halogens is 1. The van der Waals surface area contributed by atoms with Crippen LogP contribution in [-0.2, 0) is 15.6 Å². The van der Waals surface area contributed by atoms with Gasteiger partial charge in [-0.05, 0) is 13.8 Å². The van der Waals surface area contributed by atoms with Crippen LogP contribution < -0.4 is 0 Å². The van der Waals surface area contributed by atoms with E-state index in [4.69, 9.17) is 0 Å². The zero-order valence-corrected chi connectivity index (χ0v) is 10.3. The molecule has 0 aromatic carbocycles. The molecule has 1 rings (SSSR count). The lowest BCUT2D eigenvalue weighted by Gasteiger charge is -2.31. The Morgan fingerprint density at radius 3 is 2.23 bits per heavy atom. The van der Waals surface area contributed by atoms with Crippen LogP contribution >= 0.6 is 15.9 Å². The van der Waals surface area contributed by atoms with Crippen LogP contribution in [-0.4, -0.2) is 43.9 Å². The summed E-state index contributed by atoms with van der Waals surface area (Å²) in [6, 6.07) is 0. The van der Waals surface area contributed by atoms with Gasteiger partial charge in [0.2, 0.25) is 5.91 Å². The van der Waals surface area contributed by atoms with Gasteiger partial charge in [0.05, 0.1) is 4.32 Å². The van der Waals surface area contributed by atoms with Crippen LogP contribution in [0.15, 0.2) is 0 Å². The molecule has 0 aromatic heterocycles. The average molecular weight is 268 g/mol. The van der Waals surface area contributed by atoms with Crippen LogP contribution in [0.2, 0.25) is 0 Å². The maximum Gasteiger partial charge on any atom is 0.238 e. The van der Waals surface area contributed by atoms with Gasteiger partial charge in [0.15, 0.2) is 0 Å². The predicted octanol–water partition coefficient (Wildman–Crippen LogP) is 0.751. The minimum atomic E-state index is -0.713. The molecule has 76 valence electrons. The minimum Gasteiger partial charge on any atom is -0.340 e. The lowest BCUT2D eigenvalue weighted by Crippen LogP contribution is -2.48. The van der Waals surface area contributed by atoms with E-state index in [1.165, 1.54) is 0 Å². The summed E-state index contributed by atoms with van der Waals surface area (Å²) >= 11 is 3.33. The number of carbonyl (C=O) groups is 1. The average Bonchev–Trinajstić information content (AvgIpc) is 2.03. The van der Waals surface area contributed by atoms with Crippen LogP contribution in [0, 0.1) is 0 Å². The number of hydrogen-bond donors (Lipinski definition) is 0. The van der Waals surface area contributed by atoms with Gasteiger partial charge in [-0.3, -0.25) is 9.00 Å². The van der Waals surface area contributed by atoms with Gasteiger partial charge in [-0.2, -0.15) is 0 Å². The van der Waals surface area contributed by atoms with E-state index in [1.54, 1.807) is 4.90 Å². The van der Waals surface area contributed by atoms with Crippen molar-refractivity contribution in [2.75, 3.05) is 24.6 Å². The van der Waals surface area contributed by atoms with Crippen molar-refractivity contribution >= 4 is 32.6 Å². The number of amides is 1. The van der Waals surface area contributed by atoms with Crippen molar-refractivity contribution in [2.45, 2.75) is 18.2 Å². The number of alkyl halides is 1. The summed E-state index contributed by atoms with van der Waals surface area (Å²) in [5, 5.41) is 0. The molecule has 1 aliphatic heterocycles. The molecule has 1 aliphatic rings. The van der Waals surface area contributed by atoms with Crippen LogP contribution in [0.1, 0.15) is 13.8 Å². The molecular formula is C8H14BrNO2S. The largest absolute Gasteiger partial charge is 0.340 e. The van der Waals surface area contributed by atoms with Gasteiger partial charge in [0, 0.05) is 35.4 Å². The Bertz CT molecular complexity index is 227. The normalized spacial score (nSPS) is 20.4. The van der Waals surface area contributed by atoms with E-state index in [9.17, 15) is 9.00 Å². The highest BCUT2D eigenvalue weighted by Gasteiger charge is 2.30. The lowest BCUT2D eigenvalue weighted by molar-refractivity contribution is -0.132. The fourth-order valence-corrected chi connectivity index (χ4v) is 2.52. The number of nitrogens with zero attached hydrogens (tertiary/aromatic N) is 1. The third-order valence-corrected chi connectivity index (χ3v) is 3.59. The van der Waals surface area contributed by atoms with E-state index in [1.807, 2.05) is 13.8 Å². The molecule has 1 saturated heterocycles. The second-order valence-electron chi connectivity index (χ2n) is 3.61. The first kappa shape index (κ1) is 11.2. The van der Waals surface area contributed by atoms with Crippen molar-refractivity contribution < 1.29 is 9.00 Å². The monoisotopic (exact) mass is 267 g/mol. The molecule has 0 spiro atoms. The zero-order chi connectivity index (χ0) is 10.1. The summed E-state index contributed by atoms with van der Waals surface area (Å²) in [7, 11) is -0.713. The van der Waals surface area contributed by atoms with E-state index >= 15 is 0 Å². The fourth-order valence-electron chi connectivity index (χ4n) is 1.22. The van der Waals surface area contributed by atoms with E-state index in [2.05, 4.69) is 15.9 Å². The highest BCUT2D eigenvalue weighted by molar-refractivity contribution is 9.10. The molecule has 0 aliphatic carbocycles. The maximum absolute atomic E-state index is 11.7. The summed E-state index contributed by atoms with van der Waals surface area (Å²) in [6.45, 7) is 4.92. The van der Waals surface area contributed by atoms with Gasteiger partial charge in [-0.1, -0.05) is 15.9 Å². The SMILES string of the molecule is CC(C)(Br)C(=O)N1CCS(=O)CC1. The molecule has 5 heteroatoms. The summed E-state index contributed by atoms with van der Waals surface area (Å²) in [5.41, 5.74) is 0. The van der Waals surface area contributed by atoms with Gasteiger partial charge >= 0.3 is 0 Å². The molecule has 0 bridgehead atoms. The van der Waals surface area contributed by atoms with Crippen LogP contribution in [0.3, 0.4) is 0 Å². The molecule has 0 radical (unpaired) electrons. The Morgan fingerprint density at radius 1 is 1.38 bits per heavy atom. The third kappa shape index (κ3) is 3.06. The molecule has 3 nitrogen and oxygen atoms in total. The van der Waals surface area contributed by atoms with E-state index in [0.29, 0.717) is 24.6 Å². The van der Waals surface area contributed by atoms with Crippen LogP contribution in [0.25, 0.3) is 0 Å². The van der Waals surface area contributed by atoms with E-state index in [-0.39, 0.29) is 5.91 Å². The Morgan fingerprint density at radius 2 is 1.85 bits per heavy atom. The van der Waals surface area contributed by atoms with Crippen LogP contribution in [0.5, 0.6) is 0 Å². The molecule has 1 fully saturated rings. The Kier molecular flexibility index (Phi) is 3.51. The van der Waals surface area contributed by atoms with Gasteiger partial charge in [0.1, 0.15) is 0 Å². The second kappa shape index (κ2) is 4.09. The highest BCUT2D eigenvalue weighted by Crippen LogP contribution is 2.19. The molecule has 0 aromatic rings. The topological polar surface area (TPSA) is 37.4 Å². The highest BCUT2D eigenvalue weighted by atomic mass is 79.9. The molecule has 0 unspecified atom stereocenters. The first-order valence-electron chi connectivity index (χ1n) is 4.24. The molecule has 0 saturated carbocycles. The maximum atomic E-state index is 11.7. The zero-order valence-electron chi connectivity index (χ0n) is 7.88. The summed E-state index contributed by atoms with van der Waals surface area (Å²) in [4.78, 5) is 13.5. The molecule has 1 heterocycles. The summed E-state index contributed by atoms with van der Waals surface area (Å²) < 4.78 is 10.5. The molecule has 0 atom stereocenters. The molecular weight excluding hydrogens is 254 g/mol. The Balaban J connectivity index is 2.55. The van der Waals surface area contributed by atoms with Crippen molar-refractivity contribution in [3.05, 3.63) is 0 Å². The second-order valence-corrected chi connectivity index (χ2v) is 7.29. The lowest BCUT2D eigenvalue weighted by atomic mass is 10.2. The van der Waals surface area contributed by atoms with Gasteiger partial charge < -0.3 is 4.90 Å². The van der Waals surface area contributed by atoms with Crippen molar-refractivity contribution in [1.82, 2.24) is 4.90 Å². The fraction of sp³-hybridized carbons (Fsp3) is 0.875. The van der Waals surface area contributed by atoms with Gasteiger partial charge in [-0.15, -0.1) is 0 Å². The molecule has 13 heavy (non-hydrogen) atoms. The minimum absolute atomic E-state index is 0.0872. The Labute approximate surface area is 89.5 Å². The van der Waals surface area contributed by atoms with Crippen LogP contribution in [0.4, 0.5) is 0 Å². The first-order valence-corrected chi connectivity index (χ1v) is 6.52. The van der Waals surface area contributed by atoms with Crippen molar-refractivity contribution in [1.29, 1.82) is 0 Å². The number of hydrogen-bond acceptors (Lipinski definition) is 2. The summed E-state index contributed by atoms with van der Waals surface area (Å²) in [6.07, 6.45) is 0. The van der Waals surface area contributed by atoms with E-state index < -0.39 is 15.1 Å². The van der Waals surface area contributed by atoms with E-state index in [0.717, 1.165) is 0 Å². The standard InChI is InChI=1S/C8H14BrNO2S/c1-8(2,9)7(11)10-3-5-13(12)6-4-10/h3-6H2,1-2H3. The number of carbonyl (C=O) groups excluding carboxylic acids is 1. The predicted molar refractivity (Wildman–Crippen MR) is 57.5 cm³/mol. The smallest absolute Gasteiger partial charge is 0.238 e. The van der Waals surface area contributed by atoms with Gasteiger partial charge in [-0.25, -0.2) is 0 Å².